The molecule has 1 aromatic carbocycles. The fourth-order valence-electron chi connectivity index (χ4n) is 2.53. The molecule has 1 saturated heterocycles. The van der Waals surface area contributed by atoms with Gasteiger partial charge in [0.25, 0.3) is 5.91 Å². The standard InChI is InChI=1S/C15H15FN2O5S/c1-23-8-11-6-10(11)3-2-9-4-5-12(19)15(14(9)16)18-7-13(20)17-24(18,21)22/h4-5,10-11,19H,6-8H2,1H3,(H,17,20)/t10-,11+/m1/s1. The second kappa shape index (κ2) is 5.96. The van der Waals surface area contributed by atoms with Gasteiger partial charge >= 0.3 is 10.2 Å². The Hall–Kier alpha value is -2.31. The fourth-order valence-corrected chi connectivity index (χ4v) is 3.69. The summed E-state index contributed by atoms with van der Waals surface area (Å²) in [6, 6.07) is 2.42. The number of carbonyl (C=O) groups excluding carboxylic acids is 1. The third kappa shape index (κ3) is 3.02. The maximum absolute atomic E-state index is 14.6. The Morgan fingerprint density at radius 1 is 1.50 bits per heavy atom. The molecule has 24 heavy (non-hydrogen) atoms. The fraction of sp³-hybridized carbons (Fsp3) is 0.400. The van der Waals surface area contributed by atoms with E-state index >= 15 is 0 Å². The van der Waals surface area contributed by atoms with Crippen molar-refractivity contribution in [3.8, 4) is 17.6 Å². The van der Waals surface area contributed by atoms with Crippen LogP contribution >= 0.6 is 0 Å². The number of aromatic hydroxyl groups is 1. The molecule has 0 aromatic heterocycles. The van der Waals surface area contributed by atoms with E-state index in [1.165, 1.54) is 6.07 Å². The summed E-state index contributed by atoms with van der Waals surface area (Å²) in [6.07, 6.45) is 0.867. The van der Waals surface area contributed by atoms with Gasteiger partial charge in [0, 0.05) is 13.0 Å². The molecule has 2 fully saturated rings. The Bertz CT molecular complexity index is 859. The van der Waals surface area contributed by atoms with Crippen LogP contribution in [0.15, 0.2) is 12.1 Å². The number of benzene rings is 1. The van der Waals surface area contributed by atoms with E-state index in [0.717, 1.165) is 12.5 Å². The van der Waals surface area contributed by atoms with E-state index in [9.17, 15) is 22.7 Å². The second-order valence-electron chi connectivity index (χ2n) is 5.66. The summed E-state index contributed by atoms with van der Waals surface area (Å²) < 4.78 is 45.6. The van der Waals surface area contributed by atoms with E-state index in [1.807, 2.05) is 0 Å². The van der Waals surface area contributed by atoms with Gasteiger partial charge in [-0.05, 0) is 24.5 Å². The lowest BCUT2D eigenvalue weighted by molar-refractivity contribution is -0.117. The largest absolute Gasteiger partial charge is 0.506 e. The first-order valence-electron chi connectivity index (χ1n) is 7.18. The molecule has 3 rings (SSSR count). The van der Waals surface area contributed by atoms with Crippen molar-refractivity contribution in [1.29, 1.82) is 0 Å². The topological polar surface area (TPSA) is 95.9 Å². The Morgan fingerprint density at radius 3 is 2.88 bits per heavy atom. The van der Waals surface area contributed by atoms with Crippen molar-refractivity contribution in [2.45, 2.75) is 6.42 Å². The minimum absolute atomic E-state index is 0.0413. The molecule has 128 valence electrons. The van der Waals surface area contributed by atoms with Crippen molar-refractivity contribution in [3.05, 3.63) is 23.5 Å². The molecule has 1 aromatic rings. The van der Waals surface area contributed by atoms with Crippen molar-refractivity contribution in [2.24, 2.45) is 11.8 Å². The summed E-state index contributed by atoms with van der Waals surface area (Å²) >= 11 is 0. The molecule has 0 spiro atoms. The number of carbonyl (C=O) groups is 1. The Morgan fingerprint density at radius 2 is 2.25 bits per heavy atom. The molecule has 0 radical (unpaired) electrons. The number of hydrogen-bond donors (Lipinski definition) is 2. The van der Waals surface area contributed by atoms with Crippen LogP contribution in [0.1, 0.15) is 12.0 Å². The molecule has 1 saturated carbocycles. The van der Waals surface area contributed by atoms with Crippen LogP contribution in [0.3, 0.4) is 0 Å². The summed E-state index contributed by atoms with van der Waals surface area (Å²) in [7, 11) is -2.62. The van der Waals surface area contributed by atoms with Gasteiger partial charge < -0.3 is 9.84 Å². The van der Waals surface area contributed by atoms with E-state index in [2.05, 4.69) is 11.8 Å². The lowest BCUT2D eigenvalue weighted by Gasteiger charge is -2.17. The quantitative estimate of drug-likeness (QED) is 0.764. The predicted octanol–water partition coefficient (Wildman–Crippen LogP) is 0.346. The average molecular weight is 354 g/mol. The van der Waals surface area contributed by atoms with E-state index in [4.69, 9.17) is 4.74 Å². The number of nitrogens with zero attached hydrogens (tertiary/aromatic N) is 1. The van der Waals surface area contributed by atoms with E-state index < -0.39 is 39.9 Å². The highest BCUT2D eigenvalue weighted by molar-refractivity contribution is 7.92. The van der Waals surface area contributed by atoms with Crippen LogP contribution in [0.4, 0.5) is 10.1 Å². The molecular formula is C15H15FN2O5S. The Labute approximate surface area is 138 Å². The van der Waals surface area contributed by atoms with Gasteiger partial charge in [-0.1, -0.05) is 11.8 Å². The molecule has 1 aliphatic carbocycles. The van der Waals surface area contributed by atoms with Gasteiger partial charge in [0.05, 0.1) is 12.2 Å². The van der Waals surface area contributed by atoms with Crippen LogP contribution in [0.5, 0.6) is 5.75 Å². The van der Waals surface area contributed by atoms with Gasteiger partial charge in [-0.2, -0.15) is 8.42 Å². The molecule has 7 nitrogen and oxygen atoms in total. The number of nitrogens with one attached hydrogen (secondary N) is 1. The van der Waals surface area contributed by atoms with Gasteiger partial charge in [-0.25, -0.2) is 13.4 Å². The highest BCUT2D eigenvalue weighted by Gasteiger charge is 2.38. The Kier molecular flexibility index (Phi) is 4.11. The minimum Gasteiger partial charge on any atom is -0.506 e. The molecule has 2 N–H and O–H groups in total. The molecular weight excluding hydrogens is 339 g/mol. The molecule has 9 heteroatoms. The zero-order valence-electron chi connectivity index (χ0n) is 12.7. The molecule has 1 heterocycles. The van der Waals surface area contributed by atoms with Gasteiger partial charge in [0.2, 0.25) is 0 Å². The number of hydrogen-bond acceptors (Lipinski definition) is 5. The lowest BCUT2D eigenvalue weighted by Crippen LogP contribution is -2.30. The zero-order valence-corrected chi connectivity index (χ0v) is 13.6. The molecule has 2 aliphatic rings. The lowest BCUT2D eigenvalue weighted by atomic mass is 10.1. The van der Waals surface area contributed by atoms with Crippen LogP contribution < -0.4 is 9.03 Å². The average Bonchev–Trinajstić information content (AvgIpc) is 3.17. The van der Waals surface area contributed by atoms with Gasteiger partial charge in [0.1, 0.15) is 18.0 Å². The van der Waals surface area contributed by atoms with Crippen LogP contribution in [-0.4, -0.2) is 39.7 Å². The van der Waals surface area contributed by atoms with Crippen molar-refractivity contribution < 1.29 is 27.4 Å². The second-order valence-corrected chi connectivity index (χ2v) is 7.25. The van der Waals surface area contributed by atoms with E-state index in [0.29, 0.717) is 16.8 Å². The van der Waals surface area contributed by atoms with Crippen LogP contribution in [0.2, 0.25) is 0 Å². The minimum atomic E-state index is -4.22. The first-order chi connectivity index (χ1) is 11.3. The molecule has 1 aliphatic heterocycles. The molecule has 0 bridgehead atoms. The first kappa shape index (κ1) is 16.5. The van der Waals surface area contributed by atoms with Crippen LogP contribution in [0, 0.1) is 29.5 Å². The summed E-state index contributed by atoms with van der Waals surface area (Å²) in [5.41, 5.74) is -0.621. The highest BCUT2D eigenvalue weighted by Crippen LogP contribution is 2.38. The predicted molar refractivity (Wildman–Crippen MR) is 82.8 cm³/mol. The SMILES string of the molecule is COC[C@@H]1C[C@H]1C#Cc1ccc(O)c(N2CC(=O)NS2(=O)=O)c1F. The Balaban J connectivity index is 1.92. The van der Waals surface area contributed by atoms with E-state index in [-0.39, 0.29) is 11.5 Å². The normalized spacial score (nSPS) is 24.2. The third-order valence-electron chi connectivity index (χ3n) is 3.86. The maximum atomic E-state index is 14.6. The molecule has 0 unspecified atom stereocenters. The molecule has 1 amide bonds. The highest BCUT2D eigenvalue weighted by atomic mass is 32.2. The van der Waals surface area contributed by atoms with Gasteiger partial charge in [0.15, 0.2) is 5.82 Å². The summed E-state index contributed by atoms with van der Waals surface area (Å²) in [6.45, 7) is -0.00923. The summed E-state index contributed by atoms with van der Waals surface area (Å²) in [4.78, 5) is 11.3. The third-order valence-corrected chi connectivity index (χ3v) is 5.24. The number of rotatable bonds is 3. The number of anilines is 1. The molecule has 2 atom stereocenters. The first-order valence-corrected chi connectivity index (χ1v) is 8.62. The number of phenols is 1. The number of methoxy groups -OCH3 is 1. The number of halogens is 1. The van der Waals surface area contributed by atoms with Crippen molar-refractivity contribution in [3.63, 3.8) is 0 Å². The van der Waals surface area contributed by atoms with Crippen molar-refractivity contribution >= 4 is 21.8 Å². The summed E-state index contributed by atoms with van der Waals surface area (Å²) in [5.74, 6) is 3.66. The number of phenolic OH excluding ortho intramolecular Hbond substituents is 1. The van der Waals surface area contributed by atoms with Crippen LogP contribution in [0.25, 0.3) is 0 Å². The summed E-state index contributed by atoms with van der Waals surface area (Å²) in [5, 5.41) is 9.85. The van der Waals surface area contributed by atoms with Gasteiger partial charge in [-0.15, -0.1) is 0 Å². The zero-order chi connectivity index (χ0) is 17.5. The maximum Gasteiger partial charge on any atom is 0.326 e. The van der Waals surface area contributed by atoms with E-state index in [1.54, 1.807) is 11.8 Å². The van der Waals surface area contributed by atoms with Gasteiger partial charge in [-0.3, -0.25) is 4.79 Å². The van der Waals surface area contributed by atoms with Crippen LogP contribution in [-0.2, 0) is 19.7 Å². The smallest absolute Gasteiger partial charge is 0.326 e. The van der Waals surface area contributed by atoms with Crippen molar-refractivity contribution in [2.75, 3.05) is 24.6 Å². The monoisotopic (exact) mass is 354 g/mol. The van der Waals surface area contributed by atoms with Crippen molar-refractivity contribution in [1.82, 2.24) is 4.72 Å². The number of amides is 1. The number of ether oxygens (including phenoxy) is 1.